The summed E-state index contributed by atoms with van der Waals surface area (Å²) in [5.74, 6) is 1.68. The van der Waals surface area contributed by atoms with Crippen LogP contribution in [0.25, 0.3) is 5.69 Å². The first kappa shape index (κ1) is 17.3. The molecule has 1 aliphatic rings. The fourth-order valence-electron chi connectivity index (χ4n) is 3.43. The molecule has 8 heteroatoms. The molecule has 140 valence electrons. The summed E-state index contributed by atoms with van der Waals surface area (Å²) in [6, 6.07) is 7.35. The van der Waals surface area contributed by atoms with Crippen LogP contribution in [0.1, 0.15) is 47.4 Å². The first-order valence-corrected chi connectivity index (χ1v) is 8.96. The van der Waals surface area contributed by atoms with Crippen molar-refractivity contribution >= 4 is 5.91 Å². The van der Waals surface area contributed by atoms with Crippen LogP contribution in [0, 0.1) is 6.92 Å². The van der Waals surface area contributed by atoms with Gasteiger partial charge in [-0.05, 0) is 38.3 Å². The number of ether oxygens (including phenoxy) is 1. The first-order valence-electron chi connectivity index (χ1n) is 8.96. The van der Waals surface area contributed by atoms with Crippen molar-refractivity contribution in [2.45, 2.75) is 32.2 Å². The number of piperidine rings is 1. The van der Waals surface area contributed by atoms with Crippen molar-refractivity contribution in [3.63, 3.8) is 0 Å². The molecule has 0 bridgehead atoms. The van der Waals surface area contributed by atoms with Gasteiger partial charge in [-0.1, -0.05) is 17.3 Å². The molecule has 27 heavy (non-hydrogen) atoms. The van der Waals surface area contributed by atoms with Crippen LogP contribution in [0.4, 0.5) is 0 Å². The zero-order valence-corrected chi connectivity index (χ0v) is 15.3. The number of rotatable bonds is 4. The van der Waals surface area contributed by atoms with Crippen LogP contribution in [0.15, 0.2) is 41.2 Å². The lowest BCUT2D eigenvalue weighted by Gasteiger charge is -2.33. The normalized spacial score (nSPS) is 17.1. The molecule has 0 radical (unpaired) electrons. The van der Waals surface area contributed by atoms with Crippen molar-refractivity contribution in [1.29, 1.82) is 0 Å². The lowest BCUT2D eigenvalue weighted by atomic mass is 10.0. The Morgan fingerprint density at radius 3 is 2.93 bits per heavy atom. The van der Waals surface area contributed by atoms with E-state index in [4.69, 9.17) is 9.26 Å². The molecule has 0 unspecified atom stereocenters. The summed E-state index contributed by atoms with van der Waals surface area (Å²) >= 11 is 0. The standard InChI is InChI=1S/C19H21N5O3/c1-13-21-18(27-22-13)16-8-5-6-10-23(16)19(25)14-11-20-24(12-14)15-7-3-4-9-17(15)26-2/h3-4,7,9,11-12,16H,5-6,8,10H2,1-2H3/t16-/m1/s1. The lowest BCUT2D eigenvalue weighted by Crippen LogP contribution is -2.38. The molecule has 1 aliphatic heterocycles. The molecule has 4 rings (SSSR count). The molecule has 2 aromatic heterocycles. The maximum atomic E-state index is 13.1. The zero-order chi connectivity index (χ0) is 18.8. The lowest BCUT2D eigenvalue weighted by molar-refractivity contribution is 0.0561. The second-order valence-electron chi connectivity index (χ2n) is 6.54. The van der Waals surface area contributed by atoms with E-state index >= 15 is 0 Å². The summed E-state index contributed by atoms with van der Waals surface area (Å²) in [6.07, 6.45) is 6.10. The Hall–Kier alpha value is -3.16. The van der Waals surface area contributed by atoms with Crippen LogP contribution in [0.5, 0.6) is 5.75 Å². The van der Waals surface area contributed by atoms with Gasteiger partial charge in [0.05, 0.1) is 18.9 Å². The highest BCUT2D eigenvalue weighted by molar-refractivity contribution is 5.94. The predicted molar refractivity (Wildman–Crippen MR) is 96.8 cm³/mol. The smallest absolute Gasteiger partial charge is 0.257 e. The molecular weight excluding hydrogens is 346 g/mol. The van der Waals surface area contributed by atoms with E-state index in [0.29, 0.717) is 29.6 Å². The number of carbonyl (C=O) groups is 1. The third kappa shape index (κ3) is 3.30. The highest BCUT2D eigenvalue weighted by Crippen LogP contribution is 2.31. The van der Waals surface area contributed by atoms with Crippen molar-refractivity contribution < 1.29 is 14.1 Å². The number of aromatic nitrogens is 4. The summed E-state index contributed by atoms with van der Waals surface area (Å²) < 4.78 is 12.4. The van der Waals surface area contributed by atoms with Crippen LogP contribution >= 0.6 is 0 Å². The minimum Gasteiger partial charge on any atom is -0.494 e. The summed E-state index contributed by atoms with van der Waals surface area (Å²) in [7, 11) is 1.61. The van der Waals surface area contributed by atoms with E-state index in [1.807, 2.05) is 24.3 Å². The Labute approximate surface area is 156 Å². The number of likely N-dealkylation sites (tertiary alicyclic amines) is 1. The summed E-state index contributed by atoms with van der Waals surface area (Å²) in [4.78, 5) is 19.3. The van der Waals surface area contributed by atoms with E-state index in [2.05, 4.69) is 15.2 Å². The van der Waals surface area contributed by atoms with Crippen molar-refractivity contribution in [3.05, 3.63) is 53.9 Å². The monoisotopic (exact) mass is 367 g/mol. The van der Waals surface area contributed by atoms with Crippen molar-refractivity contribution in [2.75, 3.05) is 13.7 Å². The number of amides is 1. The SMILES string of the molecule is COc1ccccc1-n1cc(C(=O)N2CCCC[C@@H]2c2nc(C)no2)cn1. The van der Waals surface area contributed by atoms with Gasteiger partial charge in [-0.25, -0.2) is 4.68 Å². The summed E-state index contributed by atoms with van der Waals surface area (Å²) in [5, 5.41) is 8.22. The molecule has 1 saturated heterocycles. The quantitative estimate of drug-likeness (QED) is 0.705. The molecular formula is C19H21N5O3. The molecule has 1 fully saturated rings. The molecule has 1 atom stereocenters. The van der Waals surface area contributed by atoms with E-state index in [-0.39, 0.29) is 11.9 Å². The summed E-state index contributed by atoms with van der Waals surface area (Å²) in [6.45, 7) is 2.43. The average Bonchev–Trinajstić information content (AvgIpc) is 3.37. The Bertz CT molecular complexity index is 948. The van der Waals surface area contributed by atoms with Gasteiger partial charge in [0, 0.05) is 12.7 Å². The van der Waals surface area contributed by atoms with Crippen LogP contribution in [-0.2, 0) is 0 Å². The van der Waals surface area contributed by atoms with Gasteiger partial charge in [-0.3, -0.25) is 4.79 Å². The molecule has 3 aromatic rings. The van der Waals surface area contributed by atoms with Gasteiger partial charge < -0.3 is 14.2 Å². The molecule has 1 aromatic carbocycles. The van der Waals surface area contributed by atoms with Crippen LogP contribution in [0.3, 0.4) is 0 Å². The number of aryl methyl sites for hydroxylation is 1. The van der Waals surface area contributed by atoms with Gasteiger partial charge in [-0.2, -0.15) is 10.1 Å². The van der Waals surface area contributed by atoms with Crippen molar-refractivity contribution in [3.8, 4) is 11.4 Å². The fraction of sp³-hybridized carbons (Fsp3) is 0.368. The minimum absolute atomic E-state index is 0.0864. The Morgan fingerprint density at radius 1 is 1.30 bits per heavy atom. The summed E-state index contributed by atoms with van der Waals surface area (Å²) in [5.41, 5.74) is 1.30. The van der Waals surface area contributed by atoms with E-state index in [0.717, 1.165) is 24.9 Å². The van der Waals surface area contributed by atoms with Gasteiger partial charge in [-0.15, -0.1) is 0 Å². The molecule has 0 spiro atoms. The van der Waals surface area contributed by atoms with Crippen LogP contribution in [0.2, 0.25) is 0 Å². The van der Waals surface area contributed by atoms with Gasteiger partial charge in [0.25, 0.3) is 5.91 Å². The maximum Gasteiger partial charge on any atom is 0.257 e. The zero-order valence-electron chi connectivity index (χ0n) is 15.3. The third-order valence-corrected chi connectivity index (χ3v) is 4.75. The van der Waals surface area contributed by atoms with E-state index < -0.39 is 0 Å². The Morgan fingerprint density at radius 2 is 2.15 bits per heavy atom. The highest BCUT2D eigenvalue weighted by atomic mass is 16.5. The van der Waals surface area contributed by atoms with E-state index in [1.165, 1.54) is 0 Å². The third-order valence-electron chi connectivity index (χ3n) is 4.75. The van der Waals surface area contributed by atoms with E-state index in [1.54, 1.807) is 36.0 Å². The predicted octanol–water partition coefficient (Wildman–Crippen LogP) is 2.94. The van der Waals surface area contributed by atoms with E-state index in [9.17, 15) is 4.79 Å². The van der Waals surface area contributed by atoms with Crippen molar-refractivity contribution in [1.82, 2.24) is 24.8 Å². The van der Waals surface area contributed by atoms with Crippen LogP contribution in [-0.4, -0.2) is 44.4 Å². The van der Waals surface area contributed by atoms with Crippen LogP contribution < -0.4 is 4.74 Å². The topological polar surface area (TPSA) is 86.3 Å². The molecule has 8 nitrogen and oxygen atoms in total. The number of nitrogens with zero attached hydrogens (tertiary/aromatic N) is 5. The molecule has 0 saturated carbocycles. The molecule has 0 aliphatic carbocycles. The van der Waals surface area contributed by atoms with Gasteiger partial charge in [0.2, 0.25) is 5.89 Å². The maximum absolute atomic E-state index is 13.1. The van der Waals surface area contributed by atoms with Gasteiger partial charge >= 0.3 is 0 Å². The Kier molecular flexibility index (Phi) is 4.62. The second-order valence-corrected chi connectivity index (χ2v) is 6.54. The largest absolute Gasteiger partial charge is 0.494 e. The number of hydrogen-bond acceptors (Lipinski definition) is 6. The highest BCUT2D eigenvalue weighted by Gasteiger charge is 2.33. The first-order chi connectivity index (χ1) is 13.2. The number of hydrogen-bond donors (Lipinski definition) is 0. The molecule has 1 amide bonds. The molecule has 3 heterocycles. The number of benzene rings is 1. The minimum atomic E-state index is -0.193. The number of carbonyl (C=O) groups excluding carboxylic acids is 1. The Balaban J connectivity index is 1.61. The van der Waals surface area contributed by atoms with Gasteiger partial charge in [0.15, 0.2) is 5.82 Å². The average molecular weight is 367 g/mol. The van der Waals surface area contributed by atoms with Crippen molar-refractivity contribution in [2.24, 2.45) is 0 Å². The number of methoxy groups -OCH3 is 1. The number of para-hydroxylation sites is 2. The molecule has 0 N–H and O–H groups in total. The van der Waals surface area contributed by atoms with Gasteiger partial charge in [0.1, 0.15) is 17.5 Å². The second kappa shape index (κ2) is 7.22. The fourth-order valence-corrected chi connectivity index (χ4v) is 3.43.